The van der Waals surface area contributed by atoms with Crippen LogP contribution in [0.15, 0.2) is 22.7 Å². The van der Waals surface area contributed by atoms with Crippen LogP contribution in [0.1, 0.15) is 25.3 Å². The Morgan fingerprint density at radius 1 is 1.40 bits per heavy atom. The molecule has 0 fully saturated rings. The fourth-order valence-corrected chi connectivity index (χ4v) is 2.39. The van der Waals surface area contributed by atoms with E-state index < -0.39 is 0 Å². The number of rotatable bonds is 8. The summed E-state index contributed by atoms with van der Waals surface area (Å²) in [4.78, 5) is 13.5. The zero-order chi connectivity index (χ0) is 15.0. The number of benzene rings is 1. The Kier molecular flexibility index (Phi) is 7.62. The molecule has 0 spiro atoms. The Labute approximate surface area is 130 Å². The van der Waals surface area contributed by atoms with Gasteiger partial charge >= 0.3 is 0 Å². The van der Waals surface area contributed by atoms with E-state index in [4.69, 9.17) is 0 Å². The highest BCUT2D eigenvalue weighted by atomic mass is 79.9. The number of nitrogens with one attached hydrogen (secondary N) is 2. The SMILES string of the molecule is CCCNCc1cc(Br)ccc1N(C)CCC(=O)NC. The fourth-order valence-electron chi connectivity index (χ4n) is 1.98. The summed E-state index contributed by atoms with van der Waals surface area (Å²) in [5.74, 6) is 0.0691. The number of nitrogens with zero attached hydrogens (tertiary/aromatic N) is 1. The van der Waals surface area contributed by atoms with Gasteiger partial charge in [0.2, 0.25) is 5.91 Å². The number of anilines is 1. The maximum absolute atomic E-state index is 11.3. The van der Waals surface area contributed by atoms with E-state index >= 15 is 0 Å². The highest BCUT2D eigenvalue weighted by molar-refractivity contribution is 9.10. The predicted molar refractivity (Wildman–Crippen MR) is 88.1 cm³/mol. The van der Waals surface area contributed by atoms with Crippen LogP contribution in [-0.2, 0) is 11.3 Å². The number of hydrogen-bond acceptors (Lipinski definition) is 3. The number of carbonyl (C=O) groups is 1. The van der Waals surface area contributed by atoms with Gasteiger partial charge in [-0.2, -0.15) is 0 Å². The second-order valence-electron chi connectivity index (χ2n) is 4.79. The van der Waals surface area contributed by atoms with Crippen molar-refractivity contribution in [3.8, 4) is 0 Å². The van der Waals surface area contributed by atoms with Gasteiger partial charge in [-0.15, -0.1) is 0 Å². The molecular formula is C15H24BrN3O. The largest absolute Gasteiger partial charge is 0.374 e. The molecule has 112 valence electrons. The minimum Gasteiger partial charge on any atom is -0.374 e. The van der Waals surface area contributed by atoms with E-state index in [2.05, 4.69) is 50.5 Å². The Morgan fingerprint density at radius 3 is 2.80 bits per heavy atom. The van der Waals surface area contributed by atoms with Crippen molar-refractivity contribution in [2.24, 2.45) is 0 Å². The molecule has 2 N–H and O–H groups in total. The van der Waals surface area contributed by atoms with Gasteiger partial charge in [-0.25, -0.2) is 0 Å². The summed E-state index contributed by atoms with van der Waals surface area (Å²) in [7, 11) is 3.69. The first-order valence-corrected chi connectivity index (χ1v) is 7.78. The first kappa shape index (κ1) is 17.0. The van der Waals surface area contributed by atoms with Crippen molar-refractivity contribution in [1.29, 1.82) is 0 Å². The molecule has 0 aliphatic heterocycles. The highest BCUT2D eigenvalue weighted by Crippen LogP contribution is 2.24. The van der Waals surface area contributed by atoms with Crippen LogP contribution < -0.4 is 15.5 Å². The second kappa shape index (κ2) is 8.97. The van der Waals surface area contributed by atoms with Gasteiger partial charge in [-0.05, 0) is 36.7 Å². The third kappa shape index (κ3) is 5.51. The van der Waals surface area contributed by atoms with Gasteiger partial charge in [0, 0.05) is 43.8 Å². The van der Waals surface area contributed by atoms with Crippen LogP contribution >= 0.6 is 15.9 Å². The molecule has 1 aromatic carbocycles. The molecule has 0 atom stereocenters. The van der Waals surface area contributed by atoms with Crippen molar-refractivity contribution in [3.05, 3.63) is 28.2 Å². The van der Waals surface area contributed by atoms with Gasteiger partial charge in [0.25, 0.3) is 0 Å². The summed E-state index contributed by atoms with van der Waals surface area (Å²) in [6, 6.07) is 6.26. The second-order valence-corrected chi connectivity index (χ2v) is 5.71. The van der Waals surface area contributed by atoms with E-state index in [0.29, 0.717) is 13.0 Å². The molecule has 0 aliphatic rings. The van der Waals surface area contributed by atoms with Crippen molar-refractivity contribution in [3.63, 3.8) is 0 Å². The summed E-state index contributed by atoms with van der Waals surface area (Å²) in [5, 5.41) is 6.08. The molecule has 4 nitrogen and oxygen atoms in total. The van der Waals surface area contributed by atoms with Gasteiger partial charge in [0.1, 0.15) is 0 Å². The normalized spacial score (nSPS) is 10.4. The topological polar surface area (TPSA) is 44.4 Å². The Morgan fingerprint density at radius 2 is 2.15 bits per heavy atom. The minimum absolute atomic E-state index is 0.0691. The number of halogens is 1. The Hall–Kier alpha value is -1.07. The zero-order valence-electron chi connectivity index (χ0n) is 12.5. The molecule has 0 aromatic heterocycles. The van der Waals surface area contributed by atoms with Crippen LogP contribution in [0.2, 0.25) is 0 Å². The maximum Gasteiger partial charge on any atom is 0.221 e. The van der Waals surface area contributed by atoms with Crippen LogP contribution in [0.25, 0.3) is 0 Å². The average Bonchev–Trinajstić information content (AvgIpc) is 2.44. The molecule has 0 heterocycles. The van der Waals surface area contributed by atoms with Gasteiger partial charge in [0.15, 0.2) is 0 Å². The third-order valence-corrected chi connectivity index (χ3v) is 3.64. The van der Waals surface area contributed by atoms with Gasteiger partial charge in [0.05, 0.1) is 0 Å². The summed E-state index contributed by atoms with van der Waals surface area (Å²) >= 11 is 3.52. The number of amides is 1. The van der Waals surface area contributed by atoms with Crippen LogP contribution in [0.3, 0.4) is 0 Å². The number of carbonyl (C=O) groups excluding carboxylic acids is 1. The maximum atomic E-state index is 11.3. The molecule has 1 amide bonds. The van der Waals surface area contributed by atoms with E-state index in [1.54, 1.807) is 7.05 Å². The average molecular weight is 342 g/mol. The lowest BCUT2D eigenvalue weighted by Crippen LogP contribution is -2.27. The minimum atomic E-state index is 0.0691. The van der Waals surface area contributed by atoms with Crippen LogP contribution in [0.4, 0.5) is 5.69 Å². The molecule has 0 radical (unpaired) electrons. The lowest BCUT2D eigenvalue weighted by molar-refractivity contribution is -0.120. The lowest BCUT2D eigenvalue weighted by Gasteiger charge is -2.22. The van der Waals surface area contributed by atoms with Crippen LogP contribution in [-0.4, -0.2) is 33.1 Å². The molecule has 0 unspecified atom stereocenters. The Balaban J connectivity index is 2.73. The molecule has 1 aromatic rings. The van der Waals surface area contributed by atoms with E-state index in [-0.39, 0.29) is 5.91 Å². The van der Waals surface area contributed by atoms with E-state index in [1.165, 1.54) is 11.3 Å². The van der Waals surface area contributed by atoms with Crippen molar-refractivity contribution in [2.75, 3.05) is 32.1 Å². The summed E-state index contributed by atoms with van der Waals surface area (Å²) in [6.07, 6.45) is 1.63. The summed E-state index contributed by atoms with van der Waals surface area (Å²) < 4.78 is 1.08. The van der Waals surface area contributed by atoms with Gasteiger partial charge in [-0.1, -0.05) is 22.9 Å². The lowest BCUT2D eigenvalue weighted by atomic mass is 10.1. The van der Waals surface area contributed by atoms with Crippen molar-refractivity contribution in [1.82, 2.24) is 10.6 Å². The molecule has 0 saturated heterocycles. The van der Waals surface area contributed by atoms with Gasteiger partial charge < -0.3 is 15.5 Å². The van der Waals surface area contributed by atoms with E-state index in [9.17, 15) is 4.79 Å². The quantitative estimate of drug-likeness (QED) is 0.714. The monoisotopic (exact) mass is 341 g/mol. The Bertz CT molecular complexity index is 437. The molecule has 20 heavy (non-hydrogen) atoms. The van der Waals surface area contributed by atoms with E-state index in [0.717, 1.165) is 24.0 Å². The summed E-state index contributed by atoms with van der Waals surface area (Å²) in [6.45, 7) is 4.72. The van der Waals surface area contributed by atoms with E-state index in [1.807, 2.05) is 13.1 Å². The van der Waals surface area contributed by atoms with Crippen molar-refractivity contribution < 1.29 is 4.79 Å². The predicted octanol–water partition coefficient (Wildman–Crippen LogP) is 2.52. The first-order chi connectivity index (χ1) is 9.58. The van der Waals surface area contributed by atoms with Gasteiger partial charge in [-0.3, -0.25) is 4.79 Å². The fraction of sp³-hybridized carbons (Fsp3) is 0.533. The molecule has 0 bridgehead atoms. The smallest absolute Gasteiger partial charge is 0.221 e. The van der Waals surface area contributed by atoms with Crippen LogP contribution in [0.5, 0.6) is 0 Å². The van der Waals surface area contributed by atoms with Crippen LogP contribution in [0, 0.1) is 0 Å². The van der Waals surface area contributed by atoms with Crippen molar-refractivity contribution in [2.45, 2.75) is 26.3 Å². The number of hydrogen-bond donors (Lipinski definition) is 2. The van der Waals surface area contributed by atoms with Crippen molar-refractivity contribution >= 4 is 27.5 Å². The molecule has 0 saturated carbocycles. The molecule has 1 rings (SSSR count). The third-order valence-electron chi connectivity index (χ3n) is 3.15. The standard InChI is InChI=1S/C15H24BrN3O/c1-4-8-18-11-12-10-13(16)5-6-14(12)19(3)9-7-15(20)17-2/h5-6,10,18H,4,7-9,11H2,1-3H3,(H,17,20). The molecule has 5 heteroatoms. The zero-order valence-corrected chi connectivity index (χ0v) is 14.1. The summed E-state index contributed by atoms with van der Waals surface area (Å²) in [5.41, 5.74) is 2.41. The molecule has 0 aliphatic carbocycles. The molecular weight excluding hydrogens is 318 g/mol. The first-order valence-electron chi connectivity index (χ1n) is 6.99. The highest BCUT2D eigenvalue weighted by Gasteiger charge is 2.09.